The lowest BCUT2D eigenvalue weighted by Gasteiger charge is -2.31. The number of benzene rings is 1. The number of ketones is 1. The number of rotatable bonds is 7. The number of anilines is 1. The number of aromatic nitrogens is 2. The Morgan fingerprint density at radius 2 is 2.03 bits per heavy atom. The minimum Gasteiger partial charge on any atom is -0.382 e. The highest BCUT2D eigenvalue weighted by Gasteiger charge is 2.31. The van der Waals surface area contributed by atoms with Crippen molar-refractivity contribution in [2.45, 2.75) is 43.5 Å². The van der Waals surface area contributed by atoms with Crippen LogP contribution in [0.15, 0.2) is 40.2 Å². The Bertz CT molecular complexity index is 1200. The van der Waals surface area contributed by atoms with Crippen LogP contribution in [-0.2, 0) is 14.8 Å². The first-order chi connectivity index (χ1) is 16.3. The Morgan fingerprint density at radius 3 is 2.71 bits per heavy atom. The van der Waals surface area contributed by atoms with Gasteiger partial charge in [-0.3, -0.25) is 9.59 Å². The third kappa shape index (κ3) is 5.35. The molecule has 1 N–H and O–H groups in total. The van der Waals surface area contributed by atoms with E-state index >= 15 is 0 Å². The van der Waals surface area contributed by atoms with E-state index in [-0.39, 0.29) is 40.4 Å². The lowest BCUT2D eigenvalue weighted by atomic mass is 10.0. The lowest BCUT2D eigenvalue weighted by Crippen LogP contribution is -2.41. The number of ether oxygens (including phenoxy) is 1. The van der Waals surface area contributed by atoms with Gasteiger partial charge in [-0.25, -0.2) is 13.1 Å². The number of nitrogens with zero attached hydrogens (tertiary/aromatic N) is 3. The van der Waals surface area contributed by atoms with Crippen LogP contribution in [-0.4, -0.2) is 61.1 Å². The van der Waals surface area contributed by atoms with E-state index in [1.54, 1.807) is 18.3 Å². The molecule has 2 aliphatic rings. The largest absolute Gasteiger partial charge is 0.382 e. The van der Waals surface area contributed by atoms with Crippen molar-refractivity contribution in [3.05, 3.63) is 51.4 Å². The minimum atomic E-state index is -3.74. The topological polar surface area (TPSA) is 111 Å². The highest BCUT2D eigenvalue weighted by Crippen LogP contribution is 2.27. The first-order valence-corrected chi connectivity index (χ1v) is 13.3. The van der Waals surface area contributed by atoms with Gasteiger partial charge in [-0.2, -0.15) is 9.40 Å². The van der Waals surface area contributed by atoms with Crippen molar-refractivity contribution in [1.29, 1.82) is 0 Å². The summed E-state index contributed by atoms with van der Waals surface area (Å²) in [5, 5.41) is 7.62. The number of hydrogen-bond donors (Lipinski definition) is 1. The van der Waals surface area contributed by atoms with E-state index in [0.29, 0.717) is 43.2 Å². The summed E-state index contributed by atoms with van der Waals surface area (Å²) in [6.45, 7) is 4.02. The van der Waals surface area contributed by atoms with Crippen molar-refractivity contribution in [3.63, 3.8) is 0 Å². The first-order valence-electron chi connectivity index (χ1n) is 11.5. The molecule has 2 fully saturated rings. The second-order valence-corrected chi connectivity index (χ2v) is 11.1. The van der Waals surface area contributed by atoms with Gasteiger partial charge >= 0.3 is 0 Å². The Hall–Kier alpha value is -2.27. The van der Waals surface area contributed by atoms with E-state index in [1.807, 2.05) is 0 Å². The molecule has 2 saturated heterocycles. The lowest BCUT2D eigenvalue weighted by molar-refractivity contribution is 0.0595. The van der Waals surface area contributed by atoms with E-state index < -0.39 is 10.0 Å². The molecule has 0 radical (unpaired) electrons. The molecule has 2 aromatic rings. The summed E-state index contributed by atoms with van der Waals surface area (Å²) < 4.78 is 34.4. The molecule has 0 saturated carbocycles. The Kier molecular flexibility index (Phi) is 7.71. The van der Waals surface area contributed by atoms with Gasteiger partial charge < -0.3 is 10.1 Å². The number of carbonyl (C=O) groups excluding carboxylic acids is 1. The maximum absolute atomic E-state index is 13.1. The van der Waals surface area contributed by atoms with Crippen LogP contribution in [0.2, 0.25) is 5.02 Å². The third-order valence-electron chi connectivity index (χ3n) is 6.43. The fourth-order valence-corrected chi connectivity index (χ4v) is 6.12. The molecule has 0 bridgehead atoms. The molecule has 1 atom stereocenters. The summed E-state index contributed by atoms with van der Waals surface area (Å²) in [6.07, 6.45) is 4.51. The third-order valence-corrected chi connectivity index (χ3v) is 8.69. The monoisotopic (exact) mass is 508 g/mol. The average molecular weight is 509 g/mol. The second kappa shape index (κ2) is 10.6. The maximum Gasteiger partial charge on any atom is 0.287 e. The van der Waals surface area contributed by atoms with E-state index in [0.717, 1.165) is 19.4 Å². The predicted molar refractivity (Wildman–Crippen MR) is 129 cm³/mol. The molecule has 0 amide bonds. The summed E-state index contributed by atoms with van der Waals surface area (Å²) >= 11 is 6.36. The Labute approximate surface area is 204 Å². The molecule has 0 spiro atoms. The van der Waals surface area contributed by atoms with Crippen molar-refractivity contribution >= 4 is 33.1 Å². The van der Waals surface area contributed by atoms with Gasteiger partial charge in [-0.15, -0.1) is 0 Å². The van der Waals surface area contributed by atoms with Crippen LogP contribution in [0, 0.1) is 5.92 Å². The molecule has 2 aliphatic heterocycles. The van der Waals surface area contributed by atoms with Crippen molar-refractivity contribution < 1.29 is 17.9 Å². The van der Waals surface area contributed by atoms with E-state index in [4.69, 9.17) is 16.3 Å². The van der Waals surface area contributed by atoms with Crippen LogP contribution in [0.25, 0.3) is 0 Å². The number of nitrogens with one attached hydrogen (secondary N) is 1. The maximum atomic E-state index is 13.1. The Balaban J connectivity index is 1.41. The highest BCUT2D eigenvalue weighted by molar-refractivity contribution is 7.89. The average Bonchev–Trinajstić information content (AvgIpc) is 2.86. The smallest absolute Gasteiger partial charge is 0.287 e. The number of hydrogen-bond acceptors (Lipinski definition) is 7. The van der Waals surface area contributed by atoms with Gasteiger partial charge in [-0.05, 0) is 50.7 Å². The summed E-state index contributed by atoms with van der Waals surface area (Å²) in [5.41, 5.74) is 0.465. The summed E-state index contributed by atoms with van der Waals surface area (Å²) in [7, 11) is -3.74. The molecule has 1 aromatic heterocycles. The molecule has 4 rings (SSSR count). The molecule has 11 heteroatoms. The van der Waals surface area contributed by atoms with Crippen molar-refractivity contribution in [2.24, 2.45) is 5.92 Å². The van der Waals surface area contributed by atoms with Gasteiger partial charge in [0, 0.05) is 31.8 Å². The van der Waals surface area contributed by atoms with Crippen molar-refractivity contribution in [3.8, 4) is 0 Å². The molecular formula is C23H29ClN4O5S. The van der Waals surface area contributed by atoms with Gasteiger partial charge in [0.05, 0.1) is 29.4 Å². The highest BCUT2D eigenvalue weighted by atomic mass is 35.5. The number of Topliss-reactive ketones (excluding diaryl/α,β-unsaturated/α-hetero) is 1. The Morgan fingerprint density at radius 1 is 1.26 bits per heavy atom. The van der Waals surface area contributed by atoms with Crippen LogP contribution in [0.3, 0.4) is 0 Å². The zero-order valence-electron chi connectivity index (χ0n) is 19.1. The van der Waals surface area contributed by atoms with E-state index in [2.05, 4.69) is 10.4 Å². The summed E-state index contributed by atoms with van der Waals surface area (Å²) in [6, 6.07) is 5.81. The standard InChI is InChI=1S/C23H29ClN4O5S/c1-16(29)18-5-2-6-20(12-18)34(31,32)27-9-7-19(8-10-27)28-23(30)22(24)21(14-26-28)25-13-17-4-3-11-33-15-17/h2,5-6,12,14,17,19,25H,3-4,7-11,13,15H2,1H3/t17-/m1/s1. The van der Waals surface area contributed by atoms with Crippen LogP contribution >= 0.6 is 11.6 Å². The molecule has 9 nitrogen and oxygen atoms in total. The first kappa shape index (κ1) is 24.8. The number of halogens is 1. The molecule has 0 aliphatic carbocycles. The molecule has 3 heterocycles. The molecule has 184 valence electrons. The van der Waals surface area contributed by atoms with Gasteiger partial charge in [0.2, 0.25) is 10.0 Å². The van der Waals surface area contributed by atoms with Crippen LogP contribution in [0.5, 0.6) is 0 Å². The molecule has 1 aromatic carbocycles. The zero-order chi connectivity index (χ0) is 24.3. The van der Waals surface area contributed by atoms with E-state index in [9.17, 15) is 18.0 Å². The van der Waals surface area contributed by atoms with Crippen molar-refractivity contribution in [2.75, 3.05) is 38.2 Å². The number of carbonyl (C=O) groups is 1. The normalized spacial score (nSPS) is 20.2. The molecule has 34 heavy (non-hydrogen) atoms. The zero-order valence-corrected chi connectivity index (χ0v) is 20.6. The predicted octanol–water partition coefficient (Wildman–Crippen LogP) is 2.96. The van der Waals surface area contributed by atoms with Crippen LogP contribution < -0.4 is 10.9 Å². The number of sulfonamides is 1. The minimum absolute atomic E-state index is 0.0860. The molecule has 0 unspecified atom stereocenters. The SMILES string of the molecule is CC(=O)c1cccc(S(=O)(=O)N2CCC(n3ncc(NC[C@H]4CCCOC4)c(Cl)c3=O)CC2)c1. The van der Waals surface area contributed by atoms with Gasteiger partial charge in [0.15, 0.2) is 5.78 Å². The van der Waals surface area contributed by atoms with Gasteiger partial charge in [0.25, 0.3) is 5.56 Å². The second-order valence-electron chi connectivity index (χ2n) is 8.81. The fraction of sp³-hybridized carbons (Fsp3) is 0.522. The number of piperidine rings is 1. The van der Waals surface area contributed by atoms with Crippen LogP contribution in [0.1, 0.15) is 49.0 Å². The fourth-order valence-electron chi connectivity index (χ4n) is 4.40. The van der Waals surface area contributed by atoms with E-state index in [1.165, 1.54) is 28.0 Å². The van der Waals surface area contributed by atoms with Crippen LogP contribution in [0.4, 0.5) is 5.69 Å². The quantitative estimate of drug-likeness (QED) is 0.572. The van der Waals surface area contributed by atoms with Gasteiger partial charge in [0.1, 0.15) is 5.02 Å². The van der Waals surface area contributed by atoms with Gasteiger partial charge in [-0.1, -0.05) is 23.7 Å². The summed E-state index contributed by atoms with van der Waals surface area (Å²) in [5.74, 6) is 0.178. The summed E-state index contributed by atoms with van der Waals surface area (Å²) in [4.78, 5) is 24.6. The molecular weight excluding hydrogens is 480 g/mol. The van der Waals surface area contributed by atoms with Crippen molar-refractivity contribution in [1.82, 2.24) is 14.1 Å².